The number of hydrogen-bond donors (Lipinski definition) is 1. The van der Waals surface area contributed by atoms with Gasteiger partial charge in [-0.3, -0.25) is 0 Å². The first kappa shape index (κ1) is 15.8. The van der Waals surface area contributed by atoms with Crippen LogP contribution in [0, 0.1) is 11.8 Å². The van der Waals surface area contributed by atoms with Crippen LogP contribution in [0.15, 0.2) is 0 Å². The molecule has 1 saturated carbocycles. The summed E-state index contributed by atoms with van der Waals surface area (Å²) in [7, 11) is 0. The second kappa shape index (κ2) is 7.37. The van der Waals surface area contributed by atoms with Gasteiger partial charge in [0, 0.05) is 12.5 Å². The summed E-state index contributed by atoms with van der Waals surface area (Å²) in [4.78, 5) is 0. The summed E-state index contributed by atoms with van der Waals surface area (Å²) >= 11 is 0. The van der Waals surface area contributed by atoms with E-state index in [1.807, 2.05) is 0 Å². The lowest BCUT2D eigenvalue weighted by Gasteiger charge is -2.34. The third-order valence-corrected chi connectivity index (χ3v) is 3.94. The number of nitrogens with one attached hydrogen (secondary N) is 1. The molecule has 1 aliphatic carbocycles. The Bertz CT molecular complexity index is 228. The first-order chi connectivity index (χ1) is 8.42. The molecular weight excluding hydrogens is 239 g/mol. The predicted molar refractivity (Wildman–Crippen MR) is 68.5 cm³/mol. The standard InChI is InChI=1S/C14H26F3N/c1-3-9-18-13(7-8-14(15,16)17)12-6-4-5-11(2)10-12/h11-13,18H,3-10H2,1-2H3. The van der Waals surface area contributed by atoms with Gasteiger partial charge in [-0.25, -0.2) is 0 Å². The Labute approximate surface area is 109 Å². The molecule has 0 aliphatic heterocycles. The van der Waals surface area contributed by atoms with Crippen molar-refractivity contribution in [3.8, 4) is 0 Å². The highest BCUT2D eigenvalue weighted by molar-refractivity contribution is 4.82. The Kier molecular flexibility index (Phi) is 6.47. The van der Waals surface area contributed by atoms with Gasteiger partial charge in [0.15, 0.2) is 0 Å². The number of hydrogen-bond acceptors (Lipinski definition) is 1. The second-order valence-corrected chi connectivity index (χ2v) is 5.75. The third kappa shape index (κ3) is 6.07. The van der Waals surface area contributed by atoms with Crippen LogP contribution in [0.3, 0.4) is 0 Å². The van der Waals surface area contributed by atoms with E-state index in [4.69, 9.17) is 0 Å². The van der Waals surface area contributed by atoms with Crippen molar-refractivity contribution in [3.63, 3.8) is 0 Å². The molecular formula is C14H26F3N. The first-order valence-corrected chi connectivity index (χ1v) is 7.22. The van der Waals surface area contributed by atoms with Crippen molar-refractivity contribution >= 4 is 0 Å². The van der Waals surface area contributed by atoms with E-state index in [0.29, 0.717) is 11.8 Å². The van der Waals surface area contributed by atoms with Gasteiger partial charge in [0.2, 0.25) is 0 Å². The third-order valence-electron chi connectivity index (χ3n) is 3.94. The molecule has 0 radical (unpaired) electrons. The zero-order valence-corrected chi connectivity index (χ0v) is 11.5. The average molecular weight is 265 g/mol. The smallest absolute Gasteiger partial charge is 0.314 e. The Balaban J connectivity index is 2.48. The zero-order valence-electron chi connectivity index (χ0n) is 11.5. The molecule has 1 nitrogen and oxygen atoms in total. The Hall–Kier alpha value is -0.250. The van der Waals surface area contributed by atoms with E-state index in [0.717, 1.165) is 25.8 Å². The summed E-state index contributed by atoms with van der Waals surface area (Å²) < 4.78 is 37.1. The van der Waals surface area contributed by atoms with E-state index >= 15 is 0 Å². The Morgan fingerprint density at radius 2 is 2.00 bits per heavy atom. The summed E-state index contributed by atoms with van der Waals surface area (Å²) in [5.74, 6) is 1.10. The van der Waals surface area contributed by atoms with Crippen molar-refractivity contribution < 1.29 is 13.2 Å². The Morgan fingerprint density at radius 1 is 1.28 bits per heavy atom. The van der Waals surface area contributed by atoms with Gasteiger partial charge in [-0.2, -0.15) is 13.2 Å². The van der Waals surface area contributed by atoms with Crippen molar-refractivity contribution in [2.24, 2.45) is 11.8 Å². The fourth-order valence-electron chi connectivity index (χ4n) is 3.00. The van der Waals surface area contributed by atoms with E-state index in [9.17, 15) is 13.2 Å². The van der Waals surface area contributed by atoms with E-state index in [1.165, 1.54) is 12.8 Å². The summed E-state index contributed by atoms with van der Waals surface area (Å²) in [6, 6.07) is 0.0503. The van der Waals surface area contributed by atoms with Gasteiger partial charge in [0.1, 0.15) is 0 Å². The maximum absolute atomic E-state index is 12.4. The van der Waals surface area contributed by atoms with Crippen LogP contribution >= 0.6 is 0 Å². The highest BCUT2D eigenvalue weighted by Crippen LogP contribution is 2.33. The molecule has 108 valence electrons. The molecule has 0 bridgehead atoms. The van der Waals surface area contributed by atoms with Crippen LogP contribution in [-0.4, -0.2) is 18.8 Å². The maximum Gasteiger partial charge on any atom is 0.389 e. The fourth-order valence-corrected chi connectivity index (χ4v) is 3.00. The lowest BCUT2D eigenvalue weighted by Crippen LogP contribution is -2.39. The van der Waals surface area contributed by atoms with Gasteiger partial charge in [-0.15, -0.1) is 0 Å². The summed E-state index contributed by atoms with van der Waals surface area (Å²) in [6.45, 7) is 5.09. The molecule has 3 atom stereocenters. The number of alkyl halides is 3. The van der Waals surface area contributed by atoms with E-state index in [-0.39, 0.29) is 12.5 Å². The molecule has 0 spiro atoms. The topological polar surface area (TPSA) is 12.0 Å². The van der Waals surface area contributed by atoms with Crippen molar-refractivity contribution in [1.82, 2.24) is 5.32 Å². The monoisotopic (exact) mass is 265 g/mol. The van der Waals surface area contributed by atoms with Crippen molar-refractivity contribution in [2.45, 2.75) is 71.0 Å². The van der Waals surface area contributed by atoms with Crippen LogP contribution in [0.4, 0.5) is 13.2 Å². The predicted octanol–water partition coefficient (Wildman–Crippen LogP) is 4.52. The highest BCUT2D eigenvalue weighted by atomic mass is 19.4. The van der Waals surface area contributed by atoms with Gasteiger partial charge >= 0.3 is 6.18 Å². The van der Waals surface area contributed by atoms with E-state index < -0.39 is 12.6 Å². The van der Waals surface area contributed by atoms with Crippen molar-refractivity contribution in [2.75, 3.05) is 6.54 Å². The molecule has 0 aromatic rings. The van der Waals surface area contributed by atoms with Gasteiger partial charge in [0.25, 0.3) is 0 Å². The SMILES string of the molecule is CCCNC(CCC(F)(F)F)C1CCCC(C)C1. The molecule has 0 aromatic heterocycles. The molecule has 0 amide bonds. The minimum Gasteiger partial charge on any atom is -0.314 e. The normalized spacial score (nSPS) is 27.2. The Morgan fingerprint density at radius 3 is 2.56 bits per heavy atom. The summed E-state index contributed by atoms with van der Waals surface area (Å²) in [5.41, 5.74) is 0. The lowest BCUT2D eigenvalue weighted by atomic mass is 9.77. The summed E-state index contributed by atoms with van der Waals surface area (Å²) in [6.07, 6.45) is 1.11. The van der Waals surface area contributed by atoms with Crippen LogP contribution in [0.2, 0.25) is 0 Å². The summed E-state index contributed by atoms with van der Waals surface area (Å²) in [5, 5.41) is 3.33. The van der Waals surface area contributed by atoms with Gasteiger partial charge in [0.05, 0.1) is 0 Å². The molecule has 1 rings (SSSR count). The van der Waals surface area contributed by atoms with Crippen LogP contribution in [0.25, 0.3) is 0 Å². The van der Waals surface area contributed by atoms with Gasteiger partial charge < -0.3 is 5.32 Å². The van der Waals surface area contributed by atoms with E-state index in [1.54, 1.807) is 0 Å². The van der Waals surface area contributed by atoms with Crippen LogP contribution in [-0.2, 0) is 0 Å². The highest BCUT2D eigenvalue weighted by Gasteiger charge is 2.32. The molecule has 1 aliphatic rings. The molecule has 0 aromatic carbocycles. The molecule has 1 fully saturated rings. The second-order valence-electron chi connectivity index (χ2n) is 5.75. The first-order valence-electron chi connectivity index (χ1n) is 7.22. The van der Waals surface area contributed by atoms with Crippen LogP contribution in [0.1, 0.15) is 58.8 Å². The van der Waals surface area contributed by atoms with Crippen molar-refractivity contribution in [3.05, 3.63) is 0 Å². The number of halogens is 3. The molecule has 3 unspecified atom stereocenters. The van der Waals surface area contributed by atoms with Crippen LogP contribution < -0.4 is 5.32 Å². The zero-order chi connectivity index (χ0) is 13.6. The number of rotatable bonds is 6. The van der Waals surface area contributed by atoms with Gasteiger partial charge in [-0.05, 0) is 44.1 Å². The molecule has 4 heteroatoms. The quantitative estimate of drug-likeness (QED) is 0.744. The molecule has 18 heavy (non-hydrogen) atoms. The molecule has 1 N–H and O–H groups in total. The lowest BCUT2D eigenvalue weighted by molar-refractivity contribution is -0.137. The van der Waals surface area contributed by atoms with Gasteiger partial charge in [-0.1, -0.05) is 26.7 Å². The van der Waals surface area contributed by atoms with Crippen LogP contribution in [0.5, 0.6) is 0 Å². The minimum atomic E-state index is -4.02. The van der Waals surface area contributed by atoms with Crippen molar-refractivity contribution in [1.29, 1.82) is 0 Å². The maximum atomic E-state index is 12.4. The minimum absolute atomic E-state index is 0.0503. The molecule has 0 saturated heterocycles. The largest absolute Gasteiger partial charge is 0.389 e. The fraction of sp³-hybridized carbons (Fsp3) is 1.00. The average Bonchev–Trinajstić information content (AvgIpc) is 2.28. The molecule has 0 heterocycles. The van der Waals surface area contributed by atoms with E-state index in [2.05, 4.69) is 19.2 Å².